The molecular weight excluding hydrogens is 346 g/mol. The van der Waals surface area contributed by atoms with Crippen molar-refractivity contribution < 1.29 is 14.4 Å². The highest BCUT2D eigenvalue weighted by Gasteiger charge is 2.13. The molecule has 0 aliphatic heterocycles. The molecule has 2 rings (SSSR count). The second-order valence-corrected chi connectivity index (χ2v) is 5.88. The molecular formula is C19H27N5O3. The third kappa shape index (κ3) is 6.02. The Kier molecular flexibility index (Phi) is 7.66. The van der Waals surface area contributed by atoms with Gasteiger partial charge in [0.05, 0.1) is 18.8 Å². The Morgan fingerprint density at radius 2 is 1.89 bits per heavy atom. The van der Waals surface area contributed by atoms with Crippen LogP contribution in [0.2, 0.25) is 0 Å². The van der Waals surface area contributed by atoms with Crippen LogP contribution in [0, 0.1) is 0 Å². The number of hydrogen-bond donors (Lipinski definition) is 4. The summed E-state index contributed by atoms with van der Waals surface area (Å²) in [6.07, 6.45) is 1.55. The number of carbonyl (C=O) groups is 1. The molecule has 27 heavy (non-hydrogen) atoms. The lowest BCUT2D eigenvalue weighted by atomic mass is 10.1. The molecule has 1 aromatic heterocycles. The standard InChI is InChI=1S/C19H27N5O3/c1-4-16-15(17(5-2)27-24-16)11-21-19(20-6-3)22-12-18(26)23-13-7-9-14(25)10-8-13/h7-10,25H,4-6,11-12H2,1-3H3,(H,23,26)(H2,20,21,22). The van der Waals surface area contributed by atoms with Crippen molar-refractivity contribution in [1.29, 1.82) is 0 Å². The summed E-state index contributed by atoms with van der Waals surface area (Å²) in [5.41, 5.74) is 2.54. The smallest absolute Gasteiger partial charge is 0.243 e. The summed E-state index contributed by atoms with van der Waals surface area (Å²) in [7, 11) is 0. The number of aromatic nitrogens is 1. The van der Waals surface area contributed by atoms with E-state index in [0.717, 1.165) is 29.9 Å². The molecule has 0 spiro atoms. The number of aryl methyl sites for hydroxylation is 2. The minimum Gasteiger partial charge on any atom is -0.508 e. The Labute approximate surface area is 159 Å². The van der Waals surface area contributed by atoms with Gasteiger partial charge in [0.25, 0.3) is 0 Å². The molecule has 0 unspecified atom stereocenters. The van der Waals surface area contributed by atoms with E-state index in [4.69, 9.17) is 4.52 Å². The first-order valence-corrected chi connectivity index (χ1v) is 9.14. The maximum Gasteiger partial charge on any atom is 0.243 e. The van der Waals surface area contributed by atoms with Crippen LogP contribution in [0.5, 0.6) is 5.75 Å². The zero-order chi connectivity index (χ0) is 19.6. The lowest BCUT2D eigenvalue weighted by molar-refractivity contribution is -0.115. The molecule has 0 saturated heterocycles. The van der Waals surface area contributed by atoms with Gasteiger partial charge in [-0.25, -0.2) is 4.99 Å². The minimum absolute atomic E-state index is 0.0671. The normalized spacial score (nSPS) is 11.3. The quantitative estimate of drug-likeness (QED) is 0.321. The molecule has 0 aliphatic carbocycles. The van der Waals surface area contributed by atoms with Crippen LogP contribution >= 0.6 is 0 Å². The number of aliphatic imine (C=N–C) groups is 1. The summed E-state index contributed by atoms with van der Waals surface area (Å²) in [5, 5.41) is 22.3. The zero-order valence-electron chi connectivity index (χ0n) is 16.0. The Hall–Kier alpha value is -3.03. The predicted octanol–water partition coefficient (Wildman–Crippen LogP) is 2.20. The Balaban J connectivity index is 1.96. The fourth-order valence-corrected chi connectivity index (χ4v) is 2.53. The number of amides is 1. The molecule has 0 atom stereocenters. The maximum absolute atomic E-state index is 12.1. The summed E-state index contributed by atoms with van der Waals surface area (Å²) < 4.78 is 5.36. The monoisotopic (exact) mass is 373 g/mol. The van der Waals surface area contributed by atoms with Gasteiger partial charge in [-0.05, 0) is 37.6 Å². The van der Waals surface area contributed by atoms with Crippen molar-refractivity contribution in [2.75, 3.05) is 18.4 Å². The summed E-state index contributed by atoms with van der Waals surface area (Å²) in [6.45, 7) is 7.19. The van der Waals surface area contributed by atoms with Crippen LogP contribution in [0.1, 0.15) is 37.8 Å². The summed E-state index contributed by atoms with van der Waals surface area (Å²) in [6, 6.07) is 6.31. The Morgan fingerprint density at radius 3 is 2.52 bits per heavy atom. The van der Waals surface area contributed by atoms with Gasteiger partial charge in [-0.3, -0.25) is 4.79 Å². The molecule has 8 heteroatoms. The van der Waals surface area contributed by atoms with Crippen LogP contribution in [0.15, 0.2) is 33.8 Å². The van der Waals surface area contributed by atoms with E-state index in [9.17, 15) is 9.90 Å². The molecule has 0 aliphatic rings. The van der Waals surface area contributed by atoms with E-state index in [-0.39, 0.29) is 18.2 Å². The van der Waals surface area contributed by atoms with Crippen molar-refractivity contribution in [2.45, 2.75) is 40.2 Å². The average molecular weight is 373 g/mol. The van der Waals surface area contributed by atoms with E-state index in [2.05, 4.69) is 26.1 Å². The van der Waals surface area contributed by atoms with E-state index in [1.54, 1.807) is 12.1 Å². The number of hydrogen-bond acceptors (Lipinski definition) is 5. The number of anilines is 1. The minimum atomic E-state index is -0.209. The van der Waals surface area contributed by atoms with Crippen LogP contribution in [0.3, 0.4) is 0 Å². The fraction of sp³-hybridized carbons (Fsp3) is 0.421. The highest BCUT2D eigenvalue weighted by atomic mass is 16.5. The highest BCUT2D eigenvalue weighted by molar-refractivity contribution is 5.95. The van der Waals surface area contributed by atoms with Gasteiger partial charge in [-0.15, -0.1) is 0 Å². The molecule has 0 radical (unpaired) electrons. The predicted molar refractivity (Wildman–Crippen MR) is 105 cm³/mol. The number of benzene rings is 1. The van der Waals surface area contributed by atoms with Gasteiger partial charge < -0.3 is 25.6 Å². The van der Waals surface area contributed by atoms with Gasteiger partial charge >= 0.3 is 0 Å². The number of rotatable bonds is 8. The van der Waals surface area contributed by atoms with Crippen molar-refractivity contribution in [1.82, 2.24) is 15.8 Å². The van der Waals surface area contributed by atoms with Crippen LogP contribution < -0.4 is 16.0 Å². The number of phenols is 1. The summed E-state index contributed by atoms with van der Waals surface area (Å²) >= 11 is 0. The number of carbonyl (C=O) groups excluding carboxylic acids is 1. The third-order valence-electron chi connectivity index (χ3n) is 3.91. The number of nitrogens with zero attached hydrogens (tertiary/aromatic N) is 2. The van der Waals surface area contributed by atoms with Gasteiger partial charge in [-0.2, -0.15) is 0 Å². The largest absolute Gasteiger partial charge is 0.508 e. The van der Waals surface area contributed by atoms with Crippen LogP contribution in [0.4, 0.5) is 5.69 Å². The first-order chi connectivity index (χ1) is 13.1. The van der Waals surface area contributed by atoms with E-state index in [1.165, 1.54) is 12.1 Å². The molecule has 1 amide bonds. The highest BCUT2D eigenvalue weighted by Crippen LogP contribution is 2.17. The molecule has 8 nitrogen and oxygen atoms in total. The second kappa shape index (κ2) is 10.2. The van der Waals surface area contributed by atoms with Crippen LogP contribution in [-0.4, -0.2) is 35.2 Å². The second-order valence-electron chi connectivity index (χ2n) is 5.88. The SMILES string of the molecule is CCNC(=NCc1c(CC)noc1CC)NCC(=O)Nc1ccc(O)cc1. The van der Waals surface area contributed by atoms with Crippen molar-refractivity contribution in [3.05, 3.63) is 41.3 Å². The average Bonchev–Trinajstić information content (AvgIpc) is 3.07. The molecule has 1 aromatic carbocycles. The van der Waals surface area contributed by atoms with E-state index in [0.29, 0.717) is 24.7 Å². The van der Waals surface area contributed by atoms with Gasteiger partial charge in [0, 0.05) is 24.2 Å². The molecule has 0 bridgehead atoms. The first-order valence-electron chi connectivity index (χ1n) is 9.14. The number of guanidine groups is 1. The molecule has 0 fully saturated rings. The van der Waals surface area contributed by atoms with Crippen molar-refractivity contribution in [3.8, 4) is 5.75 Å². The van der Waals surface area contributed by atoms with Gasteiger partial charge in [0.1, 0.15) is 11.5 Å². The third-order valence-corrected chi connectivity index (χ3v) is 3.91. The van der Waals surface area contributed by atoms with Crippen LogP contribution in [0.25, 0.3) is 0 Å². The summed E-state index contributed by atoms with van der Waals surface area (Å²) in [4.78, 5) is 16.6. The first kappa shape index (κ1) is 20.3. The topological polar surface area (TPSA) is 112 Å². The molecule has 146 valence electrons. The van der Waals surface area contributed by atoms with Gasteiger partial charge in [0.2, 0.25) is 5.91 Å². The molecule has 4 N–H and O–H groups in total. The van der Waals surface area contributed by atoms with Gasteiger partial charge in [-0.1, -0.05) is 19.0 Å². The van der Waals surface area contributed by atoms with Crippen molar-refractivity contribution in [2.24, 2.45) is 4.99 Å². The number of phenolic OH excluding ortho intramolecular Hbond substituents is 1. The van der Waals surface area contributed by atoms with E-state index < -0.39 is 0 Å². The van der Waals surface area contributed by atoms with Crippen molar-refractivity contribution >= 4 is 17.6 Å². The lowest BCUT2D eigenvalue weighted by Crippen LogP contribution is -2.41. The Bertz CT molecular complexity index is 747. The van der Waals surface area contributed by atoms with Gasteiger partial charge in [0.15, 0.2) is 5.96 Å². The number of nitrogens with one attached hydrogen (secondary N) is 3. The fourth-order valence-electron chi connectivity index (χ4n) is 2.53. The lowest BCUT2D eigenvalue weighted by Gasteiger charge is -2.11. The number of aromatic hydroxyl groups is 1. The molecule has 0 saturated carbocycles. The van der Waals surface area contributed by atoms with Crippen LogP contribution in [-0.2, 0) is 24.2 Å². The maximum atomic E-state index is 12.1. The molecule has 2 aromatic rings. The Morgan fingerprint density at radius 1 is 1.15 bits per heavy atom. The zero-order valence-corrected chi connectivity index (χ0v) is 16.0. The van der Waals surface area contributed by atoms with Crippen molar-refractivity contribution in [3.63, 3.8) is 0 Å². The van der Waals surface area contributed by atoms with E-state index in [1.807, 2.05) is 20.8 Å². The molecule has 1 heterocycles. The van der Waals surface area contributed by atoms with E-state index >= 15 is 0 Å². The summed E-state index contributed by atoms with van der Waals surface area (Å²) in [5.74, 6) is 1.33.